The Morgan fingerprint density at radius 1 is 1.14 bits per heavy atom. The maximum atomic E-state index is 12.2. The molecular weight excluding hydrogens is 282 g/mol. The Morgan fingerprint density at radius 2 is 1.81 bits per heavy atom. The molecule has 0 fully saturated rings. The van der Waals surface area contributed by atoms with Gasteiger partial charge in [-0.2, -0.15) is 0 Å². The monoisotopic (exact) mass is 301 g/mol. The lowest BCUT2D eigenvalue weighted by Gasteiger charge is -2.15. The molecular formula is C18H20ClNO. The largest absolute Gasteiger partial charge is 0.326 e. The first-order valence-corrected chi connectivity index (χ1v) is 7.61. The molecule has 0 saturated carbocycles. The lowest BCUT2D eigenvalue weighted by atomic mass is 9.97. The fraction of sp³-hybridized carbons (Fsp3) is 0.278. The van der Waals surface area contributed by atoms with Crippen molar-refractivity contribution in [3.8, 4) is 0 Å². The molecule has 1 N–H and O–H groups in total. The standard InChI is InChI=1S/C18H20ClNO/c1-3-13(2)15-9-5-7-11-17(15)20-18(21)12-14-8-4-6-10-16(14)19/h4-11,13H,3,12H2,1-2H3,(H,20,21). The normalized spacial score (nSPS) is 12.0. The van der Waals surface area contributed by atoms with E-state index < -0.39 is 0 Å². The molecule has 2 nitrogen and oxygen atoms in total. The summed E-state index contributed by atoms with van der Waals surface area (Å²) in [4.78, 5) is 12.2. The third-order valence-electron chi connectivity index (χ3n) is 3.69. The molecule has 3 heteroatoms. The molecule has 2 aromatic rings. The summed E-state index contributed by atoms with van der Waals surface area (Å²) in [5.74, 6) is 0.376. The number of halogens is 1. The highest BCUT2D eigenvalue weighted by Crippen LogP contribution is 2.26. The molecule has 0 aliphatic rings. The van der Waals surface area contributed by atoms with E-state index in [-0.39, 0.29) is 12.3 Å². The number of nitrogens with one attached hydrogen (secondary N) is 1. The Kier molecular flexibility index (Phi) is 5.40. The predicted octanol–water partition coefficient (Wildman–Crippen LogP) is 5.03. The average molecular weight is 302 g/mol. The van der Waals surface area contributed by atoms with Gasteiger partial charge in [-0.25, -0.2) is 0 Å². The highest BCUT2D eigenvalue weighted by atomic mass is 35.5. The van der Waals surface area contributed by atoms with E-state index in [2.05, 4.69) is 25.2 Å². The van der Waals surface area contributed by atoms with Gasteiger partial charge in [0.2, 0.25) is 5.91 Å². The van der Waals surface area contributed by atoms with Crippen LogP contribution in [0.4, 0.5) is 5.69 Å². The molecule has 1 amide bonds. The zero-order valence-electron chi connectivity index (χ0n) is 12.4. The minimum absolute atomic E-state index is 0.0427. The van der Waals surface area contributed by atoms with Crippen LogP contribution in [-0.4, -0.2) is 5.91 Å². The maximum absolute atomic E-state index is 12.2. The van der Waals surface area contributed by atoms with Crippen LogP contribution in [0, 0.1) is 0 Å². The van der Waals surface area contributed by atoms with Crippen LogP contribution < -0.4 is 5.32 Å². The van der Waals surface area contributed by atoms with Gasteiger partial charge < -0.3 is 5.32 Å². The maximum Gasteiger partial charge on any atom is 0.228 e. The van der Waals surface area contributed by atoms with Crippen LogP contribution in [0.3, 0.4) is 0 Å². The van der Waals surface area contributed by atoms with Gasteiger partial charge in [0.25, 0.3) is 0 Å². The molecule has 1 unspecified atom stereocenters. The second-order valence-electron chi connectivity index (χ2n) is 5.21. The van der Waals surface area contributed by atoms with Crippen LogP contribution in [0.25, 0.3) is 0 Å². The number of rotatable bonds is 5. The van der Waals surface area contributed by atoms with Gasteiger partial charge in [0.05, 0.1) is 6.42 Å². The van der Waals surface area contributed by atoms with Crippen molar-refractivity contribution in [2.45, 2.75) is 32.6 Å². The van der Waals surface area contributed by atoms with E-state index in [4.69, 9.17) is 11.6 Å². The molecule has 0 spiro atoms. The van der Waals surface area contributed by atoms with Gasteiger partial charge in [-0.3, -0.25) is 4.79 Å². The van der Waals surface area contributed by atoms with Gasteiger partial charge in [0.1, 0.15) is 0 Å². The Morgan fingerprint density at radius 3 is 2.52 bits per heavy atom. The molecule has 21 heavy (non-hydrogen) atoms. The minimum Gasteiger partial charge on any atom is -0.326 e. The van der Waals surface area contributed by atoms with Crippen LogP contribution >= 0.6 is 11.6 Å². The van der Waals surface area contributed by atoms with Gasteiger partial charge in [0.15, 0.2) is 0 Å². The SMILES string of the molecule is CCC(C)c1ccccc1NC(=O)Cc1ccccc1Cl. The first-order valence-electron chi connectivity index (χ1n) is 7.24. The summed E-state index contributed by atoms with van der Waals surface area (Å²) < 4.78 is 0. The first-order chi connectivity index (χ1) is 10.1. The molecule has 0 saturated heterocycles. The number of hydrogen-bond acceptors (Lipinski definition) is 1. The number of carbonyl (C=O) groups excluding carboxylic acids is 1. The number of carbonyl (C=O) groups is 1. The fourth-order valence-corrected chi connectivity index (χ4v) is 2.47. The summed E-state index contributed by atoms with van der Waals surface area (Å²) in [6.45, 7) is 4.31. The van der Waals surface area contributed by atoms with Crippen molar-refractivity contribution in [3.63, 3.8) is 0 Å². The Balaban J connectivity index is 2.12. The summed E-state index contributed by atoms with van der Waals surface area (Å²) in [6.07, 6.45) is 1.33. The van der Waals surface area contributed by atoms with Gasteiger partial charge in [-0.15, -0.1) is 0 Å². The molecule has 0 aromatic heterocycles. The first kappa shape index (κ1) is 15.6. The number of para-hydroxylation sites is 1. The predicted molar refractivity (Wildman–Crippen MR) is 88.9 cm³/mol. The number of amides is 1. The van der Waals surface area contributed by atoms with Crippen molar-refractivity contribution in [1.82, 2.24) is 0 Å². The van der Waals surface area contributed by atoms with Crippen molar-refractivity contribution in [2.24, 2.45) is 0 Å². The number of anilines is 1. The highest BCUT2D eigenvalue weighted by Gasteiger charge is 2.12. The van der Waals surface area contributed by atoms with E-state index >= 15 is 0 Å². The molecule has 0 bridgehead atoms. The summed E-state index contributed by atoms with van der Waals surface area (Å²) in [7, 11) is 0. The molecule has 2 rings (SSSR count). The third-order valence-corrected chi connectivity index (χ3v) is 4.06. The summed E-state index contributed by atoms with van der Waals surface area (Å²) in [5.41, 5.74) is 2.91. The van der Waals surface area contributed by atoms with Gasteiger partial charge >= 0.3 is 0 Å². The minimum atomic E-state index is -0.0427. The molecule has 0 radical (unpaired) electrons. The van der Waals surface area contributed by atoms with Crippen LogP contribution in [0.5, 0.6) is 0 Å². The Labute approximate surface area is 131 Å². The van der Waals surface area contributed by atoms with Crippen molar-refractivity contribution in [3.05, 3.63) is 64.7 Å². The highest BCUT2D eigenvalue weighted by molar-refractivity contribution is 6.31. The van der Waals surface area contributed by atoms with Gasteiger partial charge in [0, 0.05) is 10.7 Å². The van der Waals surface area contributed by atoms with Crippen LogP contribution in [0.15, 0.2) is 48.5 Å². The van der Waals surface area contributed by atoms with Crippen molar-refractivity contribution < 1.29 is 4.79 Å². The van der Waals surface area contributed by atoms with E-state index in [1.165, 1.54) is 5.56 Å². The van der Waals surface area contributed by atoms with Crippen LogP contribution in [-0.2, 0) is 11.2 Å². The Bertz CT molecular complexity index is 624. The van der Waals surface area contributed by atoms with Crippen LogP contribution in [0.2, 0.25) is 5.02 Å². The molecule has 0 aliphatic carbocycles. The summed E-state index contributed by atoms with van der Waals surface area (Å²) >= 11 is 6.10. The number of hydrogen-bond donors (Lipinski definition) is 1. The third kappa shape index (κ3) is 4.08. The second-order valence-corrected chi connectivity index (χ2v) is 5.62. The smallest absolute Gasteiger partial charge is 0.228 e. The number of benzene rings is 2. The second kappa shape index (κ2) is 7.28. The van der Waals surface area contributed by atoms with E-state index in [1.807, 2.05) is 36.4 Å². The molecule has 1 atom stereocenters. The fourth-order valence-electron chi connectivity index (χ4n) is 2.27. The van der Waals surface area contributed by atoms with Gasteiger partial charge in [-0.1, -0.05) is 61.8 Å². The average Bonchev–Trinajstić information content (AvgIpc) is 2.49. The van der Waals surface area contributed by atoms with E-state index in [0.29, 0.717) is 10.9 Å². The van der Waals surface area contributed by atoms with Crippen molar-refractivity contribution in [2.75, 3.05) is 5.32 Å². The Hall–Kier alpha value is -1.80. The van der Waals surface area contributed by atoms with E-state index in [0.717, 1.165) is 17.7 Å². The topological polar surface area (TPSA) is 29.1 Å². The van der Waals surface area contributed by atoms with Crippen LogP contribution in [0.1, 0.15) is 37.3 Å². The lowest BCUT2D eigenvalue weighted by Crippen LogP contribution is -2.16. The van der Waals surface area contributed by atoms with Crippen molar-refractivity contribution in [1.29, 1.82) is 0 Å². The molecule has 0 heterocycles. The lowest BCUT2D eigenvalue weighted by molar-refractivity contribution is -0.115. The van der Waals surface area contributed by atoms with E-state index in [9.17, 15) is 4.79 Å². The molecule has 2 aromatic carbocycles. The van der Waals surface area contributed by atoms with Crippen molar-refractivity contribution >= 4 is 23.2 Å². The summed E-state index contributed by atoms with van der Waals surface area (Å²) in [6, 6.07) is 15.4. The zero-order chi connectivity index (χ0) is 15.2. The van der Waals surface area contributed by atoms with E-state index in [1.54, 1.807) is 6.07 Å². The molecule has 0 aliphatic heterocycles. The molecule has 110 valence electrons. The zero-order valence-corrected chi connectivity index (χ0v) is 13.2. The summed E-state index contributed by atoms with van der Waals surface area (Å²) in [5, 5.41) is 3.63. The van der Waals surface area contributed by atoms with Gasteiger partial charge in [-0.05, 0) is 35.6 Å². The quantitative estimate of drug-likeness (QED) is 0.824.